The van der Waals surface area contributed by atoms with Crippen molar-refractivity contribution in [1.82, 2.24) is 0 Å². The molecule has 0 radical (unpaired) electrons. The second-order valence-corrected chi connectivity index (χ2v) is 7.21. The number of carbonyl (C=O) groups excluding carboxylic acids is 2. The number of esters is 1. The zero-order chi connectivity index (χ0) is 13.1. The second-order valence-electron chi connectivity index (χ2n) is 5.65. The maximum absolute atomic E-state index is 12.3. The maximum Gasteiger partial charge on any atom is 0.323 e. The summed E-state index contributed by atoms with van der Waals surface area (Å²) in [5.74, 6) is -0.218. The molecule has 0 aromatic rings. The van der Waals surface area contributed by atoms with Gasteiger partial charge in [0, 0.05) is 6.92 Å². The largest absolute Gasteiger partial charge is 0.459 e. The van der Waals surface area contributed by atoms with Gasteiger partial charge in [0.25, 0.3) is 0 Å². The third-order valence-corrected chi connectivity index (χ3v) is 4.02. The van der Waals surface area contributed by atoms with Crippen LogP contribution < -0.4 is 0 Å². The molecule has 0 unspecified atom stereocenters. The Bertz CT molecular complexity index is 298. The van der Waals surface area contributed by atoms with Gasteiger partial charge in [-0.15, -0.1) is 0 Å². The van der Waals surface area contributed by atoms with Gasteiger partial charge in [-0.2, -0.15) is 0 Å². The first-order valence-corrected chi connectivity index (χ1v) is 7.00. The minimum absolute atomic E-state index is 0.00207. The van der Waals surface area contributed by atoms with Crippen LogP contribution in [0.5, 0.6) is 0 Å². The highest BCUT2D eigenvalue weighted by Gasteiger charge is 2.44. The Hall–Kier alpha value is -0.510. The van der Waals surface area contributed by atoms with Crippen LogP contribution in [0, 0.1) is 0 Å². The van der Waals surface area contributed by atoms with Gasteiger partial charge in [0.15, 0.2) is 5.12 Å². The topological polar surface area (TPSA) is 43.4 Å². The molecule has 0 heterocycles. The SMILES string of the molecule is CC(=O)SC1(C(=O)OC(C)(C)C)CCCCC1. The van der Waals surface area contributed by atoms with E-state index in [9.17, 15) is 9.59 Å². The molecule has 1 fully saturated rings. The number of hydrogen-bond acceptors (Lipinski definition) is 4. The van der Waals surface area contributed by atoms with E-state index in [1.807, 2.05) is 20.8 Å². The van der Waals surface area contributed by atoms with Gasteiger partial charge in [0.05, 0.1) is 0 Å². The molecule has 0 N–H and O–H groups in total. The normalized spacial score (nSPS) is 19.8. The lowest BCUT2D eigenvalue weighted by Gasteiger charge is -2.35. The third-order valence-electron chi connectivity index (χ3n) is 2.77. The minimum atomic E-state index is -0.628. The van der Waals surface area contributed by atoms with Crippen molar-refractivity contribution >= 4 is 22.8 Å². The van der Waals surface area contributed by atoms with Gasteiger partial charge in [-0.25, -0.2) is 0 Å². The van der Waals surface area contributed by atoms with E-state index in [1.54, 1.807) is 0 Å². The van der Waals surface area contributed by atoms with Crippen molar-refractivity contribution in [3.8, 4) is 0 Å². The molecule has 0 aromatic carbocycles. The smallest absolute Gasteiger partial charge is 0.323 e. The van der Waals surface area contributed by atoms with Crippen molar-refractivity contribution in [2.24, 2.45) is 0 Å². The summed E-state index contributed by atoms with van der Waals surface area (Å²) in [6.07, 6.45) is 4.65. The summed E-state index contributed by atoms with van der Waals surface area (Å²) in [6, 6.07) is 0. The van der Waals surface area contributed by atoms with Crippen LogP contribution in [-0.2, 0) is 14.3 Å². The van der Waals surface area contributed by atoms with Gasteiger partial charge in [-0.3, -0.25) is 9.59 Å². The molecule has 0 aromatic heterocycles. The molecular weight excluding hydrogens is 236 g/mol. The van der Waals surface area contributed by atoms with Crippen LogP contribution >= 0.6 is 11.8 Å². The van der Waals surface area contributed by atoms with Crippen LogP contribution in [0.2, 0.25) is 0 Å². The van der Waals surface area contributed by atoms with Crippen LogP contribution in [0.25, 0.3) is 0 Å². The van der Waals surface area contributed by atoms with E-state index in [0.717, 1.165) is 43.9 Å². The molecule has 0 saturated heterocycles. The number of ether oxygens (including phenoxy) is 1. The summed E-state index contributed by atoms with van der Waals surface area (Å²) in [4.78, 5) is 23.6. The van der Waals surface area contributed by atoms with Gasteiger partial charge < -0.3 is 4.74 Å². The molecule has 3 nitrogen and oxygen atoms in total. The van der Waals surface area contributed by atoms with E-state index >= 15 is 0 Å². The molecular formula is C13H22O3S. The Labute approximate surface area is 108 Å². The van der Waals surface area contributed by atoms with Crippen molar-refractivity contribution in [3.05, 3.63) is 0 Å². The Morgan fingerprint density at radius 2 is 1.65 bits per heavy atom. The van der Waals surface area contributed by atoms with Crippen molar-refractivity contribution in [2.45, 2.75) is 70.1 Å². The lowest BCUT2D eigenvalue weighted by molar-refractivity contribution is -0.159. The number of rotatable bonds is 2. The molecule has 98 valence electrons. The van der Waals surface area contributed by atoms with Crippen molar-refractivity contribution in [2.75, 3.05) is 0 Å². The zero-order valence-electron chi connectivity index (χ0n) is 11.2. The third kappa shape index (κ3) is 4.34. The summed E-state index contributed by atoms with van der Waals surface area (Å²) < 4.78 is 4.84. The molecule has 1 saturated carbocycles. The predicted octanol–water partition coefficient (Wildman–Crippen LogP) is 3.31. The van der Waals surface area contributed by atoms with E-state index in [2.05, 4.69) is 0 Å². The van der Waals surface area contributed by atoms with Crippen LogP contribution in [0.15, 0.2) is 0 Å². The average Bonchev–Trinajstić information content (AvgIpc) is 2.15. The summed E-state index contributed by atoms with van der Waals surface area (Å²) in [5.41, 5.74) is -0.487. The quantitative estimate of drug-likeness (QED) is 0.713. The molecule has 1 rings (SSSR count). The Kier molecular flexibility index (Phi) is 4.64. The van der Waals surface area contributed by atoms with E-state index in [-0.39, 0.29) is 11.1 Å². The fourth-order valence-electron chi connectivity index (χ4n) is 2.12. The maximum atomic E-state index is 12.3. The zero-order valence-corrected chi connectivity index (χ0v) is 12.0. The van der Waals surface area contributed by atoms with Gasteiger partial charge in [-0.05, 0) is 33.6 Å². The van der Waals surface area contributed by atoms with E-state index in [4.69, 9.17) is 4.74 Å². The highest BCUT2D eigenvalue weighted by Crippen LogP contribution is 2.42. The molecule has 0 aliphatic heterocycles. The molecule has 0 amide bonds. The fraction of sp³-hybridized carbons (Fsp3) is 0.846. The van der Waals surface area contributed by atoms with Crippen molar-refractivity contribution < 1.29 is 14.3 Å². The molecule has 0 bridgehead atoms. The van der Waals surface area contributed by atoms with Crippen LogP contribution in [0.1, 0.15) is 59.8 Å². The highest BCUT2D eigenvalue weighted by atomic mass is 32.2. The Morgan fingerprint density at radius 3 is 2.06 bits per heavy atom. The van der Waals surface area contributed by atoms with Gasteiger partial charge >= 0.3 is 5.97 Å². The van der Waals surface area contributed by atoms with Crippen LogP contribution in [-0.4, -0.2) is 21.4 Å². The van der Waals surface area contributed by atoms with Gasteiger partial charge in [0.1, 0.15) is 10.3 Å². The Balaban J connectivity index is 2.81. The van der Waals surface area contributed by atoms with Crippen LogP contribution in [0.3, 0.4) is 0 Å². The average molecular weight is 258 g/mol. The lowest BCUT2D eigenvalue weighted by Crippen LogP contribution is -2.43. The van der Waals surface area contributed by atoms with Gasteiger partial charge in [0.2, 0.25) is 0 Å². The van der Waals surface area contributed by atoms with E-state index in [1.165, 1.54) is 6.92 Å². The molecule has 17 heavy (non-hydrogen) atoms. The second kappa shape index (κ2) is 5.42. The first kappa shape index (κ1) is 14.6. The van der Waals surface area contributed by atoms with Gasteiger partial charge in [-0.1, -0.05) is 31.0 Å². The molecule has 0 atom stereocenters. The summed E-state index contributed by atoms with van der Waals surface area (Å²) in [6.45, 7) is 7.10. The first-order valence-electron chi connectivity index (χ1n) is 6.18. The lowest BCUT2D eigenvalue weighted by atomic mass is 9.88. The molecule has 0 spiro atoms. The first-order chi connectivity index (χ1) is 7.75. The molecule has 1 aliphatic carbocycles. The molecule has 4 heteroatoms. The number of carbonyl (C=O) groups is 2. The predicted molar refractivity (Wildman–Crippen MR) is 69.9 cm³/mol. The summed E-state index contributed by atoms with van der Waals surface area (Å²) in [5, 5.41) is -0.00207. The van der Waals surface area contributed by atoms with Crippen molar-refractivity contribution in [1.29, 1.82) is 0 Å². The standard InChI is InChI=1S/C13H22O3S/c1-10(14)17-13(8-6-5-7-9-13)11(15)16-12(2,3)4/h5-9H2,1-4H3. The summed E-state index contributed by atoms with van der Waals surface area (Å²) in [7, 11) is 0. The van der Waals surface area contributed by atoms with E-state index in [0.29, 0.717) is 0 Å². The number of hydrogen-bond donors (Lipinski definition) is 0. The molecule has 1 aliphatic rings. The van der Waals surface area contributed by atoms with Crippen LogP contribution in [0.4, 0.5) is 0 Å². The minimum Gasteiger partial charge on any atom is -0.459 e. The highest BCUT2D eigenvalue weighted by molar-refractivity contribution is 8.15. The van der Waals surface area contributed by atoms with E-state index < -0.39 is 10.3 Å². The monoisotopic (exact) mass is 258 g/mol. The number of thioether (sulfide) groups is 1. The summed E-state index contributed by atoms with van der Waals surface area (Å²) >= 11 is 1.16. The Morgan fingerprint density at radius 1 is 1.12 bits per heavy atom. The van der Waals surface area contributed by atoms with Crippen molar-refractivity contribution in [3.63, 3.8) is 0 Å². The fourth-order valence-corrected chi connectivity index (χ4v) is 3.29.